The molecular weight excluding hydrogens is 188 g/mol. The van der Waals surface area contributed by atoms with Crippen molar-refractivity contribution in [1.82, 2.24) is 19.7 Å². The Morgan fingerprint density at radius 2 is 2.20 bits per heavy atom. The van der Waals surface area contributed by atoms with Gasteiger partial charge in [0.2, 0.25) is 0 Å². The quantitative estimate of drug-likeness (QED) is 0.766. The summed E-state index contributed by atoms with van der Waals surface area (Å²) in [5.41, 5.74) is 0. The molecule has 0 radical (unpaired) electrons. The van der Waals surface area contributed by atoms with Gasteiger partial charge in [-0.2, -0.15) is 0 Å². The lowest BCUT2D eigenvalue weighted by atomic mass is 10.1. The zero-order valence-electron chi connectivity index (χ0n) is 8.96. The van der Waals surface area contributed by atoms with Crippen molar-refractivity contribution >= 4 is 0 Å². The fraction of sp³-hybridized carbons (Fsp3) is 0.364. The maximum absolute atomic E-state index is 4.39. The summed E-state index contributed by atoms with van der Waals surface area (Å²) in [6, 6.07) is 5.73. The first-order valence-corrected chi connectivity index (χ1v) is 5.14. The Morgan fingerprint density at radius 1 is 1.33 bits per heavy atom. The zero-order chi connectivity index (χ0) is 10.7. The van der Waals surface area contributed by atoms with Crippen molar-refractivity contribution in [2.24, 2.45) is 0 Å². The second kappa shape index (κ2) is 4.21. The highest BCUT2D eigenvalue weighted by Crippen LogP contribution is 2.13. The van der Waals surface area contributed by atoms with Crippen LogP contribution in [0, 0.1) is 0 Å². The highest BCUT2D eigenvalue weighted by atomic mass is 15.4. The number of pyridine rings is 1. The van der Waals surface area contributed by atoms with Gasteiger partial charge in [-0.15, -0.1) is 5.10 Å². The molecule has 2 aromatic heterocycles. The summed E-state index contributed by atoms with van der Waals surface area (Å²) in [4.78, 5) is 8.48. The van der Waals surface area contributed by atoms with Gasteiger partial charge in [0.25, 0.3) is 0 Å². The summed E-state index contributed by atoms with van der Waals surface area (Å²) in [5, 5.41) is 4.39. The standard InChI is InChI=1S/C11H14N4/c1-3-9(2)11-13-8-15(14-11)10-6-4-5-7-12-10/h4-9H,3H2,1-2H3. The Bertz CT molecular complexity index is 421. The van der Waals surface area contributed by atoms with Gasteiger partial charge < -0.3 is 0 Å². The van der Waals surface area contributed by atoms with Gasteiger partial charge in [-0.3, -0.25) is 0 Å². The van der Waals surface area contributed by atoms with E-state index in [0.29, 0.717) is 5.92 Å². The fourth-order valence-electron chi connectivity index (χ4n) is 1.28. The minimum absolute atomic E-state index is 0.398. The van der Waals surface area contributed by atoms with Gasteiger partial charge in [0.05, 0.1) is 0 Å². The summed E-state index contributed by atoms with van der Waals surface area (Å²) in [6.07, 6.45) is 4.51. The van der Waals surface area contributed by atoms with Crippen molar-refractivity contribution < 1.29 is 0 Å². The van der Waals surface area contributed by atoms with E-state index in [0.717, 1.165) is 18.1 Å². The second-order valence-corrected chi connectivity index (χ2v) is 3.54. The van der Waals surface area contributed by atoms with Gasteiger partial charge in [-0.25, -0.2) is 14.6 Å². The van der Waals surface area contributed by atoms with E-state index < -0.39 is 0 Å². The SMILES string of the molecule is CCC(C)c1ncn(-c2ccccn2)n1. The van der Waals surface area contributed by atoms with Gasteiger partial charge in [0.1, 0.15) is 6.33 Å². The van der Waals surface area contributed by atoms with Crippen LogP contribution < -0.4 is 0 Å². The normalized spacial score (nSPS) is 12.7. The average molecular weight is 202 g/mol. The maximum atomic E-state index is 4.39. The zero-order valence-corrected chi connectivity index (χ0v) is 8.96. The van der Waals surface area contributed by atoms with Crippen molar-refractivity contribution in [3.05, 3.63) is 36.5 Å². The van der Waals surface area contributed by atoms with Gasteiger partial charge >= 0.3 is 0 Å². The summed E-state index contributed by atoms with van der Waals surface area (Å²) < 4.78 is 1.71. The van der Waals surface area contributed by atoms with Crippen LogP contribution in [-0.4, -0.2) is 19.7 Å². The van der Waals surface area contributed by atoms with Crippen molar-refractivity contribution in [1.29, 1.82) is 0 Å². The molecule has 0 spiro atoms. The molecule has 0 bridgehead atoms. The predicted molar refractivity (Wildman–Crippen MR) is 57.9 cm³/mol. The number of hydrogen-bond acceptors (Lipinski definition) is 3. The van der Waals surface area contributed by atoms with Crippen molar-refractivity contribution in [2.45, 2.75) is 26.2 Å². The predicted octanol–water partition coefficient (Wildman–Crippen LogP) is 2.18. The molecule has 0 saturated carbocycles. The number of nitrogens with zero attached hydrogens (tertiary/aromatic N) is 4. The highest BCUT2D eigenvalue weighted by Gasteiger charge is 2.09. The van der Waals surface area contributed by atoms with Gasteiger partial charge in [-0.05, 0) is 18.6 Å². The molecule has 0 N–H and O–H groups in total. The van der Waals surface area contributed by atoms with E-state index in [1.54, 1.807) is 17.2 Å². The van der Waals surface area contributed by atoms with Crippen LogP contribution in [0.5, 0.6) is 0 Å². The third-order valence-electron chi connectivity index (χ3n) is 2.45. The van der Waals surface area contributed by atoms with E-state index in [-0.39, 0.29) is 0 Å². The van der Waals surface area contributed by atoms with Crippen LogP contribution >= 0.6 is 0 Å². The molecule has 0 amide bonds. The summed E-state index contributed by atoms with van der Waals surface area (Å²) in [6.45, 7) is 4.25. The van der Waals surface area contributed by atoms with Gasteiger partial charge in [0.15, 0.2) is 11.6 Å². The maximum Gasteiger partial charge on any atom is 0.155 e. The number of rotatable bonds is 3. The molecule has 15 heavy (non-hydrogen) atoms. The van der Waals surface area contributed by atoms with E-state index in [1.807, 2.05) is 18.2 Å². The van der Waals surface area contributed by atoms with E-state index in [9.17, 15) is 0 Å². The Labute approximate surface area is 89.0 Å². The lowest BCUT2D eigenvalue weighted by molar-refractivity contribution is 0.670. The van der Waals surface area contributed by atoms with E-state index in [4.69, 9.17) is 0 Å². The molecule has 0 aromatic carbocycles. The molecule has 78 valence electrons. The molecule has 1 atom stereocenters. The summed E-state index contributed by atoms with van der Waals surface area (Å²) >= 11 is 0. The third-order valence-corrected chi connectivity index (χ3v) is 2.45. The minimum atomic E-state index is 0.398. The first kappa shape index (κ1) is 9.83. The van der Waals surface area contributed by atoms with Gasteiger partial charge in [-0.1, -0.05) is 19.9 Å². The first-order valence-electron chi connectivity index (χ1n) is 5.14. The average Bonchev–Trinajstić information content (AvgIpc) is 2.78. The molecule has 2 rings (SSSR count). The molecule has 1 unspecified atom stereocenters. The van der Waals surface area contributed by atoms with Crippen molar-refractivity contribution in [2.75, 3.05) is 0 Å². The van der Waals surface area contributed by atoms with E-state index in [1.165, 1.54) is 0 Å². The molecule has 4 nitrogen and oxygen atoms in total. The Kier molecular flexibility index (Phi) is 2.76. The Hall–Kier alpha value is -1.71. The number of aromatic nitrogens is 4. The van der Waals surface area contributed by atoms with Crippen LogP contribution in [0.4, 0.5) is 0 Å². The van der Waals surface area contributed by atoms with Crippen molar-refractivity contribution in [3.8, 4) is 5.82 Å². The molecular formula is C11H14N4. The topological polar surface area (TPSA) is 43.6 Å². The first-order chi connectivity index (χ1) is 7.31. The second-order valence-electron chi connectivity index (χ2n) is 3.54. The largest absolute Gasteiger partial charge is 0.237 e. The summed E-state index contributed by atoms with van der Waals surface area (Å²) in [5.74, 6) is 2.08. The molecule has 2 aromatic rings. The van der Waals surface area contributed by atoms with E-state index in [2.05, 4.69) is 28.9 Å². The minimum Gasteiger partial charge on any atom is -0.237 e. The smallest absolute Gasteiger partial charge is 0.155 e. The molecule has 0 aliphatic carbocycles. The Balaban J connectivity index is 2.28. The third kappa shape index (κ3) is 2.03. The molecule has 4 heteroatoms. The van der Waals surface area contributed by atoms with E-state index >= 15 is 0 Å². The van der Waals surface area contributed by atoms with Crippen LogP contribution in [-0.2, 0) is 0 Å². The van der Waals surface area contributed by atoms with Crippen LogP contribution in [0.2, 0.25) is 0 Å². The molecule has 0 fully saturated rings. The monoisotopic (exact) mass is 202 g/mol. The van der Waals surface area contributed by atoms with Crippen LogP contribution in [0.3, 0.4) is 0 Å². The molecule has 0 aliphatic rings. The summed E-state index contributed by atoms with van der Waals surface area (Å²) in [7, 11) is 0. The number of hydrogen-bond donors (Lipinski definition) is 0. The molecule has 0 aliphatic heterocycles. The van der Waals surface area contributed by atoms with Crippen LogP contribution in [0.1, 0.15) is 32.0 Å². The lowest BCUT2D eigenvalue weighted by Crippen LogP contribution is -2.00. The molecule has 0 saturated heterocycles. The highest BCUT2D eigenvalue weighted by molar-refractivity contribution is 5.19. The van der Waals surface area contributed by atoms with Crippen LogP contribution in [0.25, 0.3) is 5.82 Å². The fourth-order valence-corrected chi connectivity index (χ4v) is 1.28. The van der Waals surface area contributed by atoms with Crippen molar-refractivity contribution in [3.63, 3.8) is 0 Å². The molecule has 2 heterocycles. The lowest BCUT2D eigenvalue weighted by Gasteiger charge is -2.01. The van der Waals surface area contributed by atoms with Crippen LogP contribution in [0.15, 0.2) is 30.7 Å². The Morgan fingerprint density at radius 3 is 2.87 bits per heavy atom. The van der Waals surface area contributed by atoms with Gasteiger partial charge in [0, 0.05) is 12.1 Å².